The average Bonchev–Trinajstić information content (AvgIpc) is 2.30. The highest BCUT2D eigenvalue weighted by atomic mass is 35.5. The highest BCUT2D eigenvalue weighted by molar-refractivity contribution is 6.29. The molecular weight excluding hydrogens is 214 g/mol. The molecule has 1 aromatic heterocycles. The first-order valence-electron chi connectivity index (χ1n) is 5.15. The Hall–Kier alpha value is -0.710. The molecule has 0 spiro atoms. The molecule has 0 bridgehead atoms. The van der Waals surface area contributed by atoms with Crippen molar-refractivity contribution < 1.29 is 4.74 Å². The van der Waals surface area contributed by atoms with E-state index >= 15 is 0 Å². The molecule has 1 aliphatic heterocycles. The van der Waals surface area contributed by atoms with Crippen molar-refractivity contribution in [3.8, 4) is 0 Å². The number of hydrogen-bond acceptors (Lipinski definition) is 4. The molecule has 0 aromatic carbocycles. The molecule has 0 amide bonds. The first-order valence-corrected chi connectivity index (χ1v) is 5.53. The molecule has 2 rings (SSSR count). The normalized spacial score (nSPS) is 17.9. The summed E-state index contributed by atoms with van der Waals surface area (Å²) in [4.78, 5) is 0. The van der Waals surface area contributed by atoms with Gasteiger partial charge < -0.3 is 10.1 Å². The lowest BCUT2D eigenvalue weighted by atomic mass is 10.1. The zero-order valence-electron chi connectivity index (χ0n) is 8.45. The van der Waals surface area contributed by atoms with Crippen molar-refractivity contribution in [3.05, 3.63) is 23.0 Å². The van der Waals surface area contributed by atoms with Crippen molar-refractivity contribution in [1.82, 2.24) is 15.5 Å². The summed E-state index contributed by atoms with van der Waals surface area (Å²) >= 11 is 5.64. The molecule has 0 unspecified atom stereocenters. The van der Waals surface area contributed by atoms with Gasteiger partial charge in [0.2, 0.25) is 0 Å². The van der Waals surface area contributed by atoms with E-state index in [1.807, 2.05) is 6.07 Å². The SMILES string of the molecule is Clc1ccc(COC2CCNCC2)nn1. The maximum atomic E-state index is 5.72. The summed E-state index contributed by atoms with van der Waals surface area (Å²) in [7, 11) is 0. The van der Waals surface area contributed by atoms with Gasteiger partial charge in [0.1, 0.15) is 0 Å². The first kappa shape index (κ1) is 10.8. The number of piperidine rings is 1. The highest BCUT2D eigenvalue weighted by Crippen LogP contribution is 2.10. The number of ether oxygens (including phenoxy) is 1. The summed E-state index contributed by atoms with van der Waals surface area (Å²) in [5.74, 6) is 0. The molecule has 0 radical (unpaired) electrons. The Bertz CT molecular complexity index is 298. The lowest BCUT2D eigenvalue weighted by Crippen LogP contribution is -2.32. The number of rotatable bonds is 3. The lowest BCUT2D eigenvalue weighted by molar-refractivity contribution is 0.0192. The van der Waals surface area contributed by atoms with Crippen LogP contribution in [-0.2, 0) is 11.3 Å². The molecule has 1 saturated heterocycles. The standard InChI is InChI=1S/C10H14ClN3O/c11-10-2-1-8(13-14-10)7-15-9-3-5-12-6-4-9/h1-2,9,12H,3-7H2. The Kier molecular flexibility index (Phi) is 3.88. The molecule has 1 aliphatic rings. The van der Waals surface area contributed by atoms with Gasteiger partial charge in [0, 0.05) is 0 Å². The van der Waals surface area contributed by atoms with Crippen molar-refractivity contribution in [2.75, 3.05) is 13.1 Å². The third-order valence-corrected chi connectivity index (χ3v) is 2.64. The van der Waals surface area contributed by atoms with E-state index in [1.54, 1.807) is 6.07 Å². The third kappa shape index (κ3) is 3.41. The van der Waals surface area contributed by atoms with Crippen LogP contribution in [0.15, 0.2) is 12.1 Å². The van der Waals surface area contributed by atoms with Gasteiger partial charge in [-0.1, -0.05) is 11.6 Å². The molecule has 2 heterocycles. The fourth-order valence-electron chi connectivity index (χ4n) is 1.59. The van der Waals surface area contributed by atoms with Gasteiger partial charge in [-0.25, -0.2) is 0 Å². The van der Waals surface area contributed by atoms with Crippen LogP contribution in [0.5, 0.6) is 0 Å². The second-order valence-electron chi connectivity index (χ2n) is 3.61. The molecule has 1 fully saturated rings. The van der Waals surface area contributed by atoms with Crippen LogP contribution in [0.2, 0.25) is 5.15 Å². The van der Waals surface area contributed by atoms with Crippen LogP contribution in [0.25, 0.3) is 0 Å². The average molecular weight is 228 g/mol. The van der Waals surface area contributed by atoms with Crippen molar-refractivity contribution in [3.63, 3.8) is 0 Å². The first-order chi connectivity index (χ1) is 7.34. The molecule has 0 atom stereocenters. The number of nitrogens with zero attached hydrogens (tertiary/aromatic N) is 2. The van der Waals surface area contributed by atoms with Gasteiger partial charge in [0.05, 0.1) is 18.4 Å². The van der Waals surface area contributed by atoms with Crippen LogP contribution in [0, 0.1) is 0 Å². The Balaban J connectivity index is 1.79. The van der Waals surface area contributed by atoms with Crippen LogP contribution in [-0.4, -0.2) is 29.4 Å². The second kappa shape index (κ2) is 5.39. The number of halogens is 1. The molecule has 5 heteroatoms. The van der Waals surface area contributed by atoms with Crippen LogP contribution < -0.4 is 5.32 Å². The monoisotopic (exact) mass is 227 g/mol. The topological polar surface area (TPSA) is 47.0 Å². The van der Waals surface area contributed by atoms with E-state index in [9.17, 15) is 0 Å². The van der Waals surface area contributed by atoms with Gasteiger partial charge >= 0.3 is 0 Å². The molecule has 4 nitrogen and oxygen atoms in total. The largest absolute Gasteiger partial charge is 0.372 e. The summed E-state index contributed by atoms with van der Waals surface area (Å²) in [6.07, 6.45) is 2.49. The fraction of sp³-hybridized carbons (Fsp3) is 0.600. The molecule has 1 N–H and O–H groups in total. The summed E-state index contributed by atoms with van der Waals surface area (Å²) in [6, 6.07) is 3.58. The maximum absolute atomic E-state index is 5.72. The van der Waals surface area contributed by atoms with Crippen LogP contribution in [0.4, 0.5) is 0 Å². The Labute approximate surface area is 94.0 Å². The predicted octanol–water partition coefficient (Wildman–Crippen LogP) is 1.40. The van der Waals surface area contributed by atoms with E-state index in [2.05, 4.69) is 15.5 Å². The second-order valence-corrected chi connectivity index (χ2v) is 4.00. The van der Waals surface area contributed by atoms with E-state index in [0.717, 1.165) is 31.6 Å². The van der Waals surface area contributed by atoms with Crippen molar-refractivity contribution >= 4 is 11.6 Å². The molecule has 1 aromatic rings. The van der Waals surface area contributed by atoms with Crippen LogP contribution >= 0.6 is 11.6 Å². The van der Waals surface area contributed by atoms with Gasteiger partial charge in [-0.3, -0.25) is 0 Å². The Morgan fingerprint density at radius 3 is 2.80 bits per heavy atom. The minimum atomic E-state index is 0.351. The number of hydrogen-bond donors (Lipinski definition) is 1. The predicted molar refractivity (Wildman–Crippen MR) is 57.7 cm³/mol. The van der Waals surface area contributed by atoms with Gasteiger partial charge in [-0.05, 0) is 38.1 Å². The zero-order valence-corrected chi connectivity index (χ0v) is 9.20. The minimum absolute atomic E-state index is 0.351. The molecule has 0 aliphatic carbocycles. The van der Waals surface area contributed by atoms with E-state index in [-0.39, 0.29) is 0 Å². The Morgan fingerprint density at radius 1 is 1.33 bits per heavy atom. The smallest absolute Gasteiger partial charge is 0.151 e. The van der Waals surface area contributed by atoms with Crippen molar-refractivity contribution in [1.29, 1.82) is 0 Å². The molecular formula is C10H14ClN3O. The molecule has 0 saturated carbocycles. The zero-order chi connectivity index (χ0) is 10.5. The highest BCUT2D eigenvalue weighted by Gasteiger charge is 2.13. The molecule has 82 valence electrons. The number of aromatic nitrogens is 2. The van der Waals surface area contributed by atoms with E-state index in [4.69, 9.17) is 16.3 Å². The van der Waals surface area contributed by atoms with Gasteiger partial charge in [0.25, 0.3) is 0 Å². The Morgan fingerprint density at radius 2 is 2.13 bits per heavy atom. The quantitative estimate of drug-likeness (QED) is 0.848. The van der Waals surface area contributed by atoms with Crippen molar-refractivity contribution in [2.45, 2.75) is 25.6 Å². The summed E-state index contributed by atoms with van der Waals surface area (Å²) in [6.45, 7) is 2.60. The van der Waals surface area contributed by atoms with E-state index < -0.39 is 0 Å². The summed E-state index contributed by atoms with van der Waals surface area (Å²) in [5.41, 5.74) is 0.831. The maximum Gasteiger partial charge on any atom is 0.151 e. The van der Waals surface area contributed by atoms with Gasteiger partial charge in [-0.2, -0.15) is 5.10 Å². The van der Waals surface area contributed by atoms with E-state index in [1.165, 1.54) is 0 Å². The summed E-state index contributed by atoms with van der Waals surface area (Å²) in [5, 5.41) is 11.4. The van der Waals surface area contributed by atoms with Gasteiger partial charge in [0.15, 0.2) is 5.15 Å². The van der Waals surface area contributed by atoms with Crippen LogP contribution in [0.3, 0.4) is 0 Å². The van der Waals surface area contributed by atoms with Crippen molar-refractivity contribution in [2.24, 2.45) is 0 Å². The van der Waals surface area contributed by atoms with Gasteiger partial charge in [-0.15, -0.1) is 5.10 Å². The number of nitrogens with one attached hydrogen (secondary N) is 1. The third-order valence-electron chi connectivity index (χ3n) is 2.44. The summed E-state index contributed by atoms with van der Waals surface area (Å²) < 4.78 is 5.72. The minimum Gasteiger partial charge on any atom is -0.372 e. The molecule has 15 heavy (non-hydrogen) atoms. The fourth-order valence-corrected chi connectivity index (χ4v) is 1.69. The lowest BCUT2D eigenvalue weighted by Gasteiger charge is -2.22. The van der Waals surface area contributed by atoms with Crippen LogP contribution in [0.1, 0.15) is 18.5 Å². The van der Waals surface area contributed by atoms with E-state index in [0.29, 0.717) is 17.9 Å².